The van der Waals surface area contributed by atoms with Gasteiger partial charge in [-0.25, -0.2) is 4.57 Å². The summed E-state index contributed by atoms with van der Waals surface area (Å²) in [5.41, 5.74) is 0. The van der Waals surface area contributed by atoms with Crippen molar-refractivity contribution < 1.29 is 42.1 Å². The Morgan fingerprint density at radius 1 is 0.612 bits per heavy atom. The molecule has 49 heavy (non-hydrogen) atoms. The van der Waals surface area contributed by atoms with Gasteiger partial charge in [0.05, 0.1) is 27.7 Å². The Bertz CT molecular complexity index is 860. The third-order valence-electron chi connectivity index (χ3n) is 8.55. The molecule has 0 aromatic rings. The maximum Gasteiger partial charge on any atom is 0.472 e. The molecule has 0 saturated heterocycles. The van der Waals surface area contributed by atoms with Gasteiger partial charge in [-0.15, -0.1) is 0 Å². The van der Waals surface area contributed by atoms with Crippen LogP contribution in [0, 0.1) is 0 Å². The van der Waals surface area contributed by atoms with E-state index in [-0.39, 0.29) is 25.6 Å². The predicted molar refractivity (Wildman–Crippen MR) is 201 cm³/mol. The van der Waals surface area contributed by atoms with E-state index in [9.17, 15) is 19.0 Å². The van der Waals surface area contributed by atoms with Crippen molar-refractivity contribution in [2.24, 2.45) is 0 Å². The Balaban J connectivity index is 4.41. The maximum atomic E-state index is 12.6. The summed E-state index contributed by atoms with van der Waals surface area (Å²) in [5.74, 6) is -0.806. The number of phosphoric ester groups is 1. The lowest BCUT2D eigenvalue weighted by atomic mass is 10.1. The van der Waals surface area contributed by atoms with E-state index >= 15 is 0 Å². The summed E-state index contributed by atoms with van der Waals surface area (Å²) in [7, 11) is 1.48. The van der Waals surface area contributed by atoms with Crippen LogP contribution in [-0.2, 0) is 32.7 Å². The second kappa shape index (κ2) is 32.6. The molecule has 0 aliphatic heterocycles. The van der Waals surface area contributed by atoms with Crippen LogP contribution in [0.2, 0.25) is 0 Å². The van der Waals surface area contributed by atoms with E-state index in [1.807, 2.05) is 21.1 Å². The van der Waals surface area contributed by atoms with Crippen LogP contribution >= 0.6 is 7.82 Å². The van der Waals surface area contributed by atoms with Crippen LogP contribution < -0.4 is 0 Å². The summed E-state index contributed by atoms with van der Waals surface area (Å²) in [4.78, 5) is 35.1. The highest BCUT2D eigenvalue weighted by Crippen LogP contribution is 2.43. The van der Waals surface area contributed by atoms with Gasteiger partial charge in [0, 0.05) is 12.8 Å². The van der Waals surface area contributed by atoms with Crippen molar-refractivity contribution in [3.8, 4) is 0 Å². The van der Waals surface area contributed by atoms with Gasteiger partial charge in [-0.05, 0) is 38.5 Å². The molecule has 0 fully saturated rings. The zero-order valence-corrected chi connectivity index (χ0v) is 33.3. The lowest BCUT2D eigenvalue weighted by molar-refractivity contribution is -0.870. The molecular weight excluding hydrogens is 641 g/mol. The van der Waals surface area contributed by atoms with Gasteiger partial charge < -0.3 is 18.9 Å². The number of quaternary nitrogens is 1. The van der Waals surface area contributed by atoms with Crippen molar-refractivity contribution >= 4 is 19.8 Å². The van der Waals surface area contributed by atoms with Gasteiger partial charge >= 0.3 is 19.8 Å². The summed E-state index contributed by atoms with van der Waals surface area (Å²) < 4.78 is 34.1. The highest BCUT2D eigenvalue weighted by Gasteiger charge is 2.27. The Labute approximate surface area is 301 Å². The molecule has 0 bridgehead atoms. The zero-order chi connectivity index (χ0) is 36.5. The number of rotatable bonds is 36. The van der Waals surface area contributed by atoms with E-state index in [0.717, 1.165) is 51.4 Å². The molecule has 2 atom stereocenters. The summed E-state index contributed by atoms with van der Waals surface area (Å²) in [5, 5.41) is 0. The number of likely N-dealkylation sites (N-methyl/N-ethyl adjacent to an activating group) is 1. The number of unbranched alkanes of at least 4 members (excludes halogenated alkanes) is 20. The molecule has 0 heterocycles. The number of carbonyl (C=O) groups is 2. The van der Waals surface area contributed by atoms with Gasteiger partial charge in [0.2, 0.25) is 0 Å². The van der Waals surface area contributed by atoms with Crippen LogP contribution in [0.1, 0.15) is 174 Å². The van der Waals surface area contributed by atoms with Gasteiger partial charge in [0.1, 0.15) is 19.8 Å². The van der Waals surface area contributed by atoms with Crippen LogP contribution in [-0.4, -0.2) is 74.9 Å². The smallest absolute Gasteiger partial charge is 0.462 e. The SMILES string of the molecule is CCCCCCCC/C=C\CCCCCCCC(=O)O[C@@H](COC(=O)CCCCCCCCCCCC)COP(=O)(O)OCC[N+](C)(C)C. The van der Waals surface area contributed by atoms with Crippen LogP contribution in [0.25, 0.3) is 0 Å². The normalized spacial score (nSPS) is 13.8. The van der Waals surface area contributed by atoms with Crippen molar-refractivity contribution in [1.29, 1.82) is 0 Å². The van der Waals surface area contributed by atoms with Gasteiger partial charge in [-0.3, -0.25) is 18.6 Å². The Kier molecular flexibility index (Phi) is 31.8. The minimum absolute atomic E-state index is 0.0328. The van der Waals surface area contributed by atoms with Gasteiger partial charge in [0.15, 0.2) is 6.10 Å². The van der Waals surface area contributed by atoms with Gasteiger partial charge in [0.25, 0.3) is 0 Å². The fraction of sp³-hybridized carbons (Fsp3) is 0.897. The monoisotopic (exact) mass is 719 g/mol. The van der Waals surface area contributed by atoms with Crippen LogP contribution in [0.4, 0.5) is 0 Å². The third kappa shape index (κ3) is 36.3. The Morgan fingerprint density at radius 2 is 1.04 bits per heavy atom. The van der Waals surface area contributed by atoms with Gasteiger partial charge in [-0.1, -0.05) is 135 Å². The Hall–Kier alpha value is -1.25. The fourth-order valence-electron chi connectivity index (χ4n) is 5.36. The molecule has 9 nitrogen and oxygen atoms in total. The molecule has 0 saturated carbocycles. The van der Waals surface area contributed by atoms with E-state index < -0.39 is 26.5 Å². The largest absolute Gasteiger partial charge is 0.472 e. The fourth-order valence-corrected chi connectivity index (χ4v) is 6.10. The summed E-state index contributed by atoms with van der Waals surface area (Å²) in [6, 6.07) is 0. The molecule has 0 rings (SSSR count). The first kappa shape index (κ1) is 47.8. The number of carbonyl (C=O) groups excluding carboxylic acids is 2. The summed E-state index contributed by atoms with van der Waals surface area (Å²) in [6.07, 6.45) is 31.1. The van der Waals surface area contributed by atoms with Crippen molar-refractivity contribution in [2.75, 3.05) is 47.5 Å². The average Bonchev–Trinajstić information content (AvgIpc) is 3.04. The molecule has 0 spiro atoms. The maximum absolute atomic E-state index is 12.6. The number of allylic oxidation sites excluding steroid dienone is 2. The Morgan fingerprint density at radius 3 is 1.51 bits per heavy atom. The molecule has 290 valence electrons. The first-order valence-electron chi connectivity index (χ1n) is 19.9. The standard InChI is InChI=1S/C39H76NO8P/c1-6-8-10-12-14-16-18-19-20-21-22-24-26-28-30-32-39(42)48-37(36-47-49(43,44)46-34-33-40(3,4)5)35-45-38(41)31-29-27-25-23-17-15-13-11-9-7-2/h19-20,37H,6-18,21-36H2,1-5H3/p+1/b20-19-/t37-/m0/s1. The second-order valence-electron chi connectivity index (χ2n) is 14.7. The minimum Gasteiger partial charge on any atom is -0.462 e. The number of esters is 2. The van der Waals surface area contributed by atoms with Crippen molar-refractivity contribution in [3.63, 3.8) is 0 Å². The third-order valence-corrected chi connectivity index (χ3v) is 9.53. The number of ether oxygens (including phenoxy) is 2. The molecule has 0 aliphatic rings. The minimum atomic E-state index is -4.36. The molecule has 0 aliphatic carbocycles. The molecule has 0 aromatic heterocycles. The quantitative estimate of drug-likeness (QED) is 0.0224. The first-order valence-corrected chi connectivity index (χ1v) is 21.4. The molecular formula is C39H77NO8P+. The van der Waals surface area contributed by atoms with Crippen LogP contribution in [0.15, 0.2) is 12.2 Å². The van der Waals surface area contributed by atoms with Crippen molar-refractivity contribution in [2.45, 2.75) is 180 Å². The van der Waals surface area contributed by atoms with Crippen LogP contribution in [0.5, 0.6) is 0 Å². The highest BCUT2D eigenvalue weighted by atomic mass is 31.2. The molecule has 0 radical (unpaired) electrons. The van der Waals surface area contributed by atoms with Crippen LogP contribution in [0.3, 0.4) is 0 Å². The molecule has 0 aromatic carbocycles. The van der Waals surface area contributed by atoms with E-state index in [0.29, 0.717) is 23.9 Å². The molecule has 0 amide bonds. The average molecular weight is 719 g/mol. The molecule has 1 N–H and O–H groups in total. The topological polar surface area (TPSA) is 108 Å². The second-order valence-corrected chi connectivity index (χ2v) is 16.1. The molecule has 1 unspecified atom stereocenters. The van der Waals surface area contributed by atoms with E-state index in [4.69, 9.17) is 18.5 Å². The summed E-state index contributed by atoms with van der Waals surface area (Å²) in [6.45, 7) is 4.39. The van der Waals surface area contributed by atoms with Gasteiger partial charge in [-0.2, -0.15) is 0 Å². The number of nitrogens with zero attached hydrogens (tertiary/aromatic N) is 1. The lowest BCUT2D eigenvalue weighted by Gasteiger charge is -2.24. The zero-order valence-electron chi connectivity index (χ0n) is 32.4. The first-order chi connectivity index (χ1) is 23.5. The number of hydrogen-bond acceptors (Lipinski definition) is 7. The number of phosphoric acid groups is 1. The lowest BCUT2D eigenvalue weighted by Crippen LogP contribution is -2.37. The van der Waals surface area contributed by atoms with Crippen molar-refractivity contribution in [1.82, 2.24) is 0 Å². The highest BCUT2D eigenvalue weighted by molar-refractivity contribution is 7.47. The van der Waals surface area contributed by atoms with E-state index in [1.165, 1.54) is 89.9 Å². The molecule has 10 heteroatoms. The summed E-state index contributed by atoms with van der Waals surface area (Å²) >= 11 is 0. The number of hydrogen-bond donors (Lipinski definition) is 1. The predicted octanol–water partition coefficient (Wildman–Crippen LogP) is 10.6. The van der Waals surface area contributed by atoms with Crippen molar-refractivity contribution in [3.05, 3.63) is 12.2 Å². The van der Waals surface area contributed by atoms with E-state index in [2.05, 4.69) is 26.0 Å². The van der Waals surface area contributed by atoms with E-state index in [1.54, 1.807) is 0 Å².